The molecule has 1 aromatic heterocycles. The third-order valence-electron chi connectivity index (χ3n) is 6.29. The molecule has 8 nitrogen and oxygen atoms in total. The number of nitrogens with one attached hydrogen (secondary N) is 1. The number of halogens is 1. The van der Waals surface area contributed by atoms with E-state index in [-0.39, 0.29) is 17.2 Å². The normalized spacial score (nSPS) is 13.9. The highest BCUT2D eigenvalue weighted by atomic mass is 35.5. The predicted molar refractivity (Wildman–Crippen MR) is 154 cm³/mol. The molecule has 1 aliphatic heterocycles. The zero-order valence-electron chi connectivity index (χ0n) is 22.2. The number of ether oxygens (including phenoxy) is 2. The minimum absolute atomic E-state index is 0.0144. The minimum Gasteiger partial charge on any atom is -0.491 e. The van der Waals surface area contributed by atoms with Gasteiger partial charge in [0.05, 0.1) is 24.8 Å². The molecule has 3 aromatic rings. The number of carbonyl (C=O) groups is 2. The number of amides is 2. The van der Waals surface area contributed by atoms with Gasteiger partial charge in [-0.1, -0.05) is 43.6 Å². The van der Waals surface area contributed by atoms with E-state index < -0.39 is 0 Å². The third-order valence-corrected chi connectivity index (χ3v) is 6.59. The Labute approximate surface area is 233 Å². The van der Waals surface area contributed by atoms with Crippen LogP contribution in [0.3, 0.4) is 0 Å². The Bertz CT molecular complexity index is 1320. The maximum absolute atomic E-state index is 12.7. The summed E-state index contributed by atoms with van der Waals surface area (Å²) in [6.45, 7) is 7.15. The van der Waals surface area contributed by atoms with Gasteiger partial charge in [0.15, 0.2) is 0 Å². The molecular weight excluding hydrogens is 516 g/mol. The van der Waals surface area contributed by atoms with E-state index in [1.165, 1.54) is 6.08 Å². The van der Waals surface area contributed by atoms with E-state index in [0.717, 1.165) is 16.7 Å². The quantitative estimate of drug-likeness (QED) is 0.376. The van der Waals surface area contributed by atoms with Crippen LogP contribution in [0.1, 0.15) is 29.8 Å². The monoisotopic (exact) mass is 548 g/mol. The van der Waals surface area contributed by atoms with Crippen molar-refractivity contribution in [3.8, 4) is 16.9 Å². The molecule has 4 rings (SSSR count). The Balaban J connectivity index is 1.29. The molecule has 0 atom stereocenters. The first-order valence-corrected chi connectivity index (χ1v) is 13.2. The number of nitrogens with two attached hydrogens (primary N) is 1. The lowest BCUT2D eigenvalue weighted by Crippen LogP contribution is -2.40. The average molecular weight is 549 g/mol. The van der Waals surface area contributed by atoms with E-state index in [4.69, 9.17) is 26.8 Å². The lowest BCUT2D eigenvalue weighted by Gasteiger charge is -2.26. The lowest BCUT2D eigenvalue weighted by atomic mass is 9.95. The van der Waals surface area contributed by atoms with Crippen LogP contribution < -0.4 is 15.8 Å². The molecule has 0 saturated carbocycles. The SMILES string of the molecule is CC(C)(CNC(=O)/C=C/c1ccc(N)nc1)COc1ccc(-c2ccc(C(=O)N3CCOCC3)cc2)cc1Cl. The van der Waals surface area contributed by atoms with Gasteiger partial charge in [-0.15, -0.1) is 0 Å². The van der Waals surface area contributed by atoms with E-state index in [1.807, 2.05) is 61.2 Å². The molecule has 0 spiro atoms. The Hall–Kier alpha value is -3.88. The van der Waals surface area contributed by atoms with E-state index in [9.17, 15) is 9.59 Å². The zero-order valence-corrected chi connectivity index (χ0v) is 22.9. The van der Waals surface area contributed by atoms with Crippen LogP contribution in [-0.4, -0.2) is 61.2 Å². The molecule has 2 amide bonds. The van der Waals surface area contributed by atoms with Gasteiger partial charge in [-0.05, 0) is 59.2 Å². The van der Waals surface area contributed by atoms with Crippen molar-refractivity contribution in [3.63, 3.8) is 0 Å². The Morgan fingerprint density at radius 3 is 2.49 bits per heavy atom. The second-order valence-electron chi connectivity index (χ2n) is 10.1. The summed E-state index contributed by atoms with van der Waals surface area (Å²) < 4.78 is 11.3. The minimum atomic E-state index is -0.336. The molecule has 0 radical (unpaired) electrons. The number of anilines is 1. The van der Waals surface area contributed by atoms with Crippen molar-refractivity contribution in [3.05, 3.63) is 83.0 Å². The van der Waals surface area contributed by atoms with Crippen LogP contribution in [0.5, 0.6) is 5.75 Å². The van der Waals surface area contributed by atoms with Crippen molar-refractivity contribution in [1.82, 2.24) is 15.2 Å². The van der Waals surface area contributed by atoms with Crippen molar-refractivity contribution in [2.75, 3.05) is 45.2 Å². The zero-order chi connectivity index (χ0) is 27.8. The molecule has 0 aliphatic carbocycles. The summed E-state index contributed by atoms with van der Waals surface area (Å²) in [5, 5.41) is 3.39. The molecule has 3 N–H and O–H groups in total. The Morgan fingerprint density at radius 1 is 1.10 bits per heavy atom. The van der Waals surface area contributed by atoms with E-state index in [2.05, 4.69) is 10.3 Å². The summed E-state index contributed by atoms with van der Waals surface area (Å²) >= 11 is 6.54. The van der Waals surface area contributed by atoms with Crippen molar-refractivity contribution < 1.29 is 19.1 Å². The van der Waals surface area contributed by atoms with Crippen LogP contribution in [-0.2, 0) is 9.53 Å². The maximum Gasteiger partial charge on any atom is 0.254 e. The lowest BCUT2D eigenvalue weighted by molar-refractivity contribution is -0.116. The molecule has 204 valence electrons. The summed E-state index contributed by atoms with van der Waals surface area (Å²) in [7, 11) is 0. The first-order chi connectivity index (χ1) is 18.7. The standard InChI is InChI=1S/C30H33ClN4O4/c1-30(2,19-34-28(36)12-4-21-3-11-27(32)33-18-21)20-39-26-10-9-24(17-25(26)31)22-5-7-23(8-6-22)29(37)35-13-15-38-16-14-35/h3-12,17-18H,13-16,19-20H2,1-2H3,(H2,32,33)(H,34,36)/b12-4+. The van der Waals surface area contributed by atoms with Crippen LogP contribution in [0.25, 0.3) is 17.2 Å². The molecule has 2 heterocycles. The molecule has 0 unspecified atom stereocenters. The molecule has 0 bridgehead atoms. The molecular formula is C30H33ClN4O4. The summed E-state index contributed by atoms with van der Waals surface area (Å²) in [6.07, 6.45) is 4.75. The predicted octanol–water partition coefficient (Wildman–Crippen LogP) is 4.69. The van der Waals surface area contributed by atoms with E-state index >= 15 is 0 Å². The van der Waals surface area contributed by atoms with Gasteiger partial charge in [0.25, 0.3) is 5.91 Å². The number of nitrogen functional groups attached to an aromatic ring is 1. The van der Waals surface area contributed by atoms with Crippen LogP contribution in [0.4, 0.5) is 5.82 Å². The number of hydrogen-bond acceptors (Lipinski definition) is 6. The summed E-state index contributed by atoms with van der Waals surface area (Å²) in [6, 6.07) is 16.6. The number of benzene rings is 2. The fourth-order valence-electron chi connectivity index (χ4n) is 3.95. The van der Waals surface area contributed by atoms with Gasteiger partial charge in [-0.3, -0.25) is 9.59 Å². The number of hydrogen-bond donors (Lipinski definition) is 2. The van der Waals surface area contributed by atoms with Crippen molar-refractivity contribution >= 4 is 35.3 Å². The molecule has 2 aromatic carbocycles. The van der Waals surface area contributed by atoms with Crippen LogP contribution >= 0.6 is 11.6 Å². The molecule has 1 saturated heterocycles. The number of nitrogens with zero attached hydrogens (tertiary/aromatic N) is 2. The largest absolute Gasteiger partial charge is 0.491 e. The fraction of sp³-hybridized carbons (Fsp3) is 0.300. The van der Waals surface area contributed by atoms with Crippen molar-refractivity contribution in [2.45, 2.75) is 13.8 Å². The van der Waals surface area contributed by atoms with E-state index in [1.54, 1.807) is 24.4 Å². The fourth-order valence-corrected chi connectivity index (χ4v) is 4.18. The van der Waals surface area contributed by atoms with Crippen LogP contribution in [0, 0.1) is 5.41 Å². The Kier molecular flexibility index (Phi) is 9.22. The van der Waals surface area contributed by atoms with Crippen molar-refractivity contribution in [1.29, 1.82) is 0 Å². The average Bonchev–Trinajstić information content (AvgIpc) is 2.95. The van der Waals surface area contributed by atoms with Gasteiger partial charge in [0.1, 0.15) is 11.6 Å². The van der Waals surface area contributed by atoms with E-state index in [0.29, 0.717) is 61.6 Å². The number of pyridine rings is 1. The number of rotatable bonds is 9. The smallest absolute Gasteiger partial charge is 0.254 e. The molecule has 39 heavy (non-hydrogen) atoms. The topological polar surface area (TPSA) is 107 Å². The van der Waals surface area contributed by atoms with Gasteiger partial charge < -0.3 is 25.4 Å². The summed E-state index contributed by atoms with van der Waals surface area (Å²) in [5.41, 5.74) is 8.56. The summed E-state index contributed by atoms with van der Waals surface area (Å²) in [5.74, 6) is 0.801. The Morgan fingerprint density at radius 2 is 1.82 bits per heavy atom. The summed E-state index contributed by atoms with van der Waals surface area (Å²) in [4.78, 5) is 30.7. The first kappa shape index (κ1) is 28.1. The highest BCUT2D eigenvalue weighted by molar-refractivity contribution is 6.32. The second-order valence-corrected chi connectivity index (χ2v) is 10.6. The van der Waals surface area contributed by atoms with Gasteiger partial charge in [-0.2, -0.15) is 0 Å². The van der Waals surface area contributed by atoms with Crippen molar-refractivity contribution in [2.24, 2.45) is 5.41 Å². The van der Waals surface area contributed by atoms with Gasteiger partial charge >= 0.3 is 0 Å². The van der Waals surface area contributed by atoms with Gasteiger partial charge in [0.2, 0.25) is 5.91 Å². The van der Waals surface area contributed by atoms with Gasteiger partial charge in [0, 0.05) is 42.9 Å². The number of morpholine rings is 1. The van der Waals surface area contributed by atoms with Crippen LogP contribution in [0.15, 0.2) is 66.9 Å². The highest BCUT2D eigenvalue weighted by Crippen LogP contribution is 2.32. The number of aromatic nitrogens is 1. The number of carbonyl (C=O) groups excluding carboxylic acids is 2. The second kappa shape index (κ2) is 12.8. The molecule has 1 fully saturated rings. The first-order valence-electron chi connectivity index (χ1n) is 12.8. The molecule has 1 aliphatic rings. The van der Waals surface area contributed by atoms with Crippen LogP contribution in [0.2, 0.25) is 5.02 Å². The third kappa shape index (κ3) is 8.05. The highest BCUT2D eigenvalue weighted by Gasteiger charge is 2.21. The van der Waals surface area contributed by atoms with Gasteiger partial charge in [-0.25, -0.2) is 4.98 Å². The maximum atomic E-state index is 12.7. The molecule has 9 heteroatoms.